The number of carbonyl (C=O) groups excluding carboxylic acids is 1. The summed E-state index contributed by atoms with van der Waals surface area (Å²) in [7, 11) is 0. The van der Waals surface area contributed by atoms with Gasteiger partial charge >= 0.3 is 0 Å². The first-order chi connectivity index (χ1) is 13.1. The molecule has 0 aliphatic carbocycles. The molecule has 0 unspecified atom stereocenters. The Balaban J connectivity index is 1.88. The molecule has 5 nitrogen and oxygen atoms in total. The third kappa shape index (κ3) is 3.39. The first-order valence-electron chi connectivity index (χ1n) is 8.28. The molecule has 1 N–H and O–H groups in total. The summed E-state index contributed by atoms with van der Waals surface area (Å²) in [6.07, 6.45) is 0. The van der Waals surface area contributed by atoms with E-state index in [2.05, 4.69) is 26.3 Å². The van der Waals surface area contributed by atoms with Gasteiger partial charge in [-0.2, -0.15) is 9.78 Å². The van der Waals surface area contributed by atoms with Gasteiger partial charge in [0.2, 0.25) is 0 Å². The van der Waals surface area contributed by atoms with Crippen molar-refractivity contribution in [2.24, 2.45) is 0 Å². The van der Waals surface area contributed by atoms with Crippen molar-refractivity contribution in [2.75, 3.05) is 5.32 Å². The van der Waals surface area contributed by atoms with Gasteiger partial charge < -0.3 is 5.32 Å². The van der Waals surface area contributed by atoms with Crippen molar-refractivity contribution < 1.29 is 4.79 Å². The maximum absolute atomic E-state index is 12.9. The Morgan fingerprint density at radius 3 is 2.33 bits per heavy atom. The minimum Gasteiger partial charge on any atom is -0.321 e. The monoisotopic (exact) mass is 419 g/mol. The number of halogens is 1. The van der Waals surface area contributed by atoms with Gasteiger partial charge in [-0.15, -0.1) is 0 Å². The second-order valence-electron chi connectivity index (χ2n) is 5.91. The zero-order valence-electron chi connectivity index (χ0n) is 14.1. The number of aromatic nitrogens is 2. The normalized spacial score (nSPS) is 10.7. The Labute approximate surface area is 163 Å². The fraction of sp³-hybridized carbons (Fsp3) is 0. The van der Waals surface area contributed by atoms with Gasteiger partial charge in [0.05, 0.1) is 11.1 Å². The van der Waals surface area contributed by atoms with Gasteiger partial charge in [0.1, 0.15) is 0 Å². The number of rotatable bonds is 3. The Morgan fingerprint density at radius 1 is 0.889 bits per heavy atom. The molecular formula is C21H14BrN3O2. The summed E-state index contributed by atoms with van der Waals surface area (Å²) in [5.74, 6) is -0.381. The molecule has 3 aromatic carbocycles. The number of anilines is 1. The van der Waals surface area contributed by atoms with Gasteiger partial charge in [-0.05, 0) is 36.4 Å². The van der Waals surface area contributed by atoms with Gasteiger partial charge in [0.25, 0.3) is 11.5 Å². The van der Waals surface area contributed by atoms with Crippen molar-refractivity contribution >= 4 is 38.3 Å². The lowest BCUT2D eigenvalue weighted by Gasteiger charge is -2.11. The molecule has 6 heteroatoms. The highest BCUT2D eigenvalue weighted by atomic mass is 79.9. The largest absolute Gasteiger partial charge is 0.321 e. The van der Waals surface area contributed by atoms with Crippen molar-refractivity contribution in [2.45, 2.75) is 0 Å². The fourth-order valence-corrected chi connectivity index (χ4v) is 3.26. The Kier molecular flexibility index (Phi) is 4.56. The Hall–Kier alpha value is -3.25. The lowest BCUT2D eigenvalue weighted by molar-refractivity contribution is 0.102. The van der Waals surface area contributed by atoms with E-state index in [1.165, 1.54) is 4.68 Å². The van der Waals surface area contributed by atoms with E-state index in [9.17, 15) is 9.59 Å². The molecule has 1 aromatic heterocycles. The summed E-state index contributed by atoms with van der Waals surface area (Å²) in [6.45, 7) is 0. The SMILES string of the molecule is O=C(Nc1cccc(Br)c1)c1nn(-c2ccccc2)c(=O)c2ccccc12. The van der Waals surface area contributed by atoms with E-state index in [0.717, 1.165) is 4.47 Å². The number of fused-ring (bicyclic) bond motifs is 1. The number of nitrogens with one attached hydrogen (secondary N) is 1. The van der Waals surface area contributed by atoms with Gasteiger partial charge in [0.15, 0.2) is 5.69 Å². The van der Waals surface area contributed by atoms with Crippen molar-refractivity contribution in [3.63, 3.8) is 0 Å². The van der Waals surface area contributed by atoms with Crippen molar-refractivity contribution in [1.82, 2.24) is 9.78 Å². The third-order valence-corrected chi connectivity index (χ3v) is 4.60. The van der Waals surface area contributed by atoms with Crippen LogP contribution in [0.3, 0.4) is 0 Å². The molecule has 4 rings (SSSR count). The van der Waals surface area contributed by atoms with E-state index in [0.29, 0.717) is 22.1 Å². The average molecular weight is 420 g/mol. The second-order valence-corrected chi connectivity index (χ2v) is 6.83. The molecule has 0 radical (unpaired) electrons. The summed E-state index contributed by atoms with van der Waals surface area (Å²) < 4.78 is 2.12. The molecule has 0 atom stereocenters. The van der Waals surface area contributed by atoms with Gasteiger partial charge in [-0.25, -0.2) is 0 Å². The van der Waals surface area contributed by atoms with Crippen LogP contribution in [0.1, 0.15) is 10.5 Å². The summed E-state index contributed by atoms with van der Waals surface area (Å²) in [6, 6.07) is 23.3. The van der Waals surface area contributed by atoms with Crippen LogP contribution in [-0.4, -0.2) is 15.7 Å². The summed E-state index contributed by atoms with van der Waals surface area (Å²) in [4.78, 5) is 25.8. The quantitative estimate of drug-likeness (QED) is 0.535. The highest BCUT2D eigenvalue weighted by Gasteiger charge is 2.17. The minimum absolute atomic E-state index is 0.189. The van der Waals surface area contributed by atoms with Crippen LogP contribution in [0.25, 0.3) is 16.5 Å². The van der Waals surface area contributed by atoms with Crippen LogP contribution in [0.15, 0.2) is 88.1 Å². The predicted octanol–water partition coefficient (Wildman–Crippen LogP) is 4.40. The highest BCUT2D eigenvalue weighted by Crippen LogP contribution is 2.19. The van der Waals surface area contributed by atoms with Crippen LogP contribution in [0.5, 0.6) is 0 Å². The number of benzene rings is 3. The topological polar surface area (TPSA) is 64.0 Å². The summed E-state index contributed by atoms with van der Waals surface area (Å²) >= 11 is 3.39. The van der Waals surface area contributed by atoms with Gasteiger partial charge in [0, 0.05) is 15.5 Å². The van der Waals surface area contributed by atoms with Crippen LogP contribution in [0, 0.1) is 0 Å². The van der Waals surface area contributed by atoms with E-state index in [-0.39, 0.29) is 17.2 Å². The van der Waals surface area contributed by atoms with Crippen molar-refractivity contribution in [3.8, 4) is 5.69 Å². The van der Waals surface area contributed by atoms with E-state index in [1.54, 1.807) is 48.5 Å². The van der Waals surface area contributed by atoms with Gasteiger partial charge in [-0.1, -0.05) is 58.4 Å². The molecule has 27 heavy (non-hydrogen) atoms. The van der Waals surface area contributed by atoms with Gasteiger partial charge in [-0.3, -0.25) is 9.59 Å². The van der Waals surface area contributed by atoms with Crippen LogP contribution in [0.4, 0.5) is 5.69 Å². The molecule has 0 bridgehead atoms. The maximum Gasteiger partial charge on any atom is 0.279 e. The van der Waals surface area contributed by atoms with Crippen molar-refractivity contribution in [1.29, 1.82) is 0 Å². The molecule has 0 aliphatic rings. The average Bonchev–Trinajstić information content (AvgIpc) is 2.69. The lowest BCUT2D eigenvalue weighted by atomic mass is 10.1. The molecule has 0 spiro atoms. The van der Waals surface area contributed by atoms with Crippen molar-refractivity contribution in [3.05, 3.63) is 99.4 Å². The van der Waals surface area contributed by atoms with E-state index >= 15 is 0 Å². The van der Waals surface area contributed by atoms with E-state index in [1.807, 2.05) is 30.3 Å². The van der Waals surface area contributed by atoms with Crippen LogP contribution in [-0.2, 0) is 0 Å². The number of amides is 1. The summed E-state index contributed by atoms with van der Waals surface area (Å²) in [5, 5.41) is 8.17. The zero-order chi connectivity index (χ0) is 18.8. The molecule has 0 saturated carbocycles. The second kappa shape index (κ2) is 7.17. The highest BCUT2D eigenvalue weighted by molar-refractivity contribution is 9.10. The molecule has 0 fully saturated rings. The number of nitrogens with zero attached hydrogens (tertiary/aromatic N) is 2. The third-order valence-electron chi connectivity index (χ3n) is 4.10. The number of carbonyl (C=O) groups is 1. The first kappa shape index (κ1) is 17.2. The molecule has 1 heterocycles. The molecular weight excluding hydrogens is 406 g/mol. The number of para-hydroxylation sites is 1. The Bertz CT molecular complexity index is 1200. The first-order valence-corrected chi connectivity index (χ1v) is 9.07. The molecule has 4 aromatic rings. The maximum atomic E-state index is 12.9. The zero-order valence-corrected chi connectivity index (χ0v) is 15.7. The standard InChI is InChI=1S/C21H14BrN3O2/c22-14-7-6-8-15(13-14)23-20(26)19-17-11-4-5-12-18(17)21(27)25(24-19)16-9-2-1-3-10-16/h1-13H,(H,23,26). The molecule has 0 saturated heterocycles. The smallest absolute Gasteiger partial charge is 0.279 e. The van der Waals surface area contributed by atoms with E-state index in [4.69, 9.17) is 0 Å². The van der Waals surface area contributed by atoms with E-state index < -0.39 is 0 Å². The molecule has 132 valence electrons. The summed E-state index contributed by atoms with van der Waals surface area (Å²) in [5.41, 5.74) is 1.16. The lowest BCUT2D eigenvalue weighted by Crippen LogP contribution is -2.26. The van der Waals surface area contributed by atoms with Crippen LogP contribution >= 0.6 is 15.9 Å². The molecule has 0 aliphatic heterocycles. The van der Waals surface area contributed by atoms with Crippen LogP contribution < -0.4 is 10.9 Å². The fourth-order valence-electron chi connectivity index (χ4n) is 2.86. The molecule has 1 amide bonds. The minimum atomic E-state index is -0.381. The number of hydrogen-bond acceptors (Lipinski definition) is 3. The predicted molar refractivity (Wildman–Crippen MR) is 109 cm³/mol. The number of hydrogen-bond donors (Lipinski definition) is 1. The Morgan fingerprint density at radius 2 is 1.59 bits per heavy atom. The van der Waals surface area contributed by atoms with Crippen LogP contribution in [0.2, 0.25) is 0 Å².